The second-order valence-electron chi connectivity index (χ2n) is 5.33. The van der Waals surface area contributed by atoms with Crippen LogP contribution in [0, 0.1) is 0 Å². The van der Waals surface area contributed by atoms with Crippen LogP contribution in [0.2, 0.25) is 0 Å². The molecular weight excluding hydrogens is 242 g/mol. The Kier molecular flexibility index (Phi) is 3.95. The molecule has 0 bridgehead atoms. The van der Waals surface area contributed by atoms with Crippen molar-refractivity contribution in [1.82, 2.24) is 5.32 Å². The maximum absolute atomic E-state index is 11.7. The summed E-state index contributed by atoms with van der Waals surface area (Å²) in [5.74, 6) is 0. The average molecular weight is 263 g/mol. The molecule has 5 nitrogen and oxygen atoms in total. The standard InChI is InChI=1S/C14H21N3O2/c1-17(2)12-6-4-11(5-7-12)16-13(18)15-10-14(19)8-3-9-14/h4-7,19H,3,8-10H2,1-2H3,(H2,15,16,18). The van der Waals surface area contributed by atoms with Crippen LogP contribution in [0.1, 0.15) is 19.3 Å². The van der Waals surface area contributed by atoms with Crippen molar-refractivity contribution < 1.29 is 9.90 Å². The summed E-state index contributed by atoms with van der Waals surface area (Å²) in [7, 11) is 3.93. The number of nitrogens with one attached hydrogen (secondary N) is 2. The van der Waals surface area contributed by atoms with E-state index in [1.807, 2.05) is 43.3 Å². The van der Waals surface area contributed by atoms with Crippen LogP contribution in [0.4, 0.5) is 16.2 Å². The monoisotopic (exact) mass is 263 g/mol. The van der Waals surface area contributed by atoms with Crippen LogP contribution in [-0.4, -0.2) is 37.4 Å². The molecule has 0 unspecified atom stereocenters. The third-order valence-corrected chi connectivity index (χ3v) is 3.50. The summed E-state index contributed by atoms with van der Waals surface area (Å²) in [5.41, 5.74) is 1.13. The minimum atomic E-state index is -0.688. The van der Waals surface area contributed by atoms with Crippen molar-refractivity contribution in [3.63, 3.8) is 0 Å². The van der Waals surface area contributed by atoms with Gasteiger partial charge >= 0.3 is 6.03 Å². The van der Waals surface area contributed by atoms with Crippen LogP contribution in [0.15, 0.2) is 24.3 Å². The van der Waals surface area contributed by atoms with Crippen LogP contribution in [-0.2, 0) is 0 Å². The molecule has 1 aliphatic carbocycles. The molecule has 104 valence electrons. The minimum absolute atomic E-state index is 0.280. The van der Waals surface area contributed by atoms with Gasteiger partial charge in [0, 0.05) is 32.0 Å². The second-order valence-corrected chi connectivity index (χ2v) is 5.33. The van der Waals surface area contributed by atoms with Gasteiger partial charge in [-0.2, -0.15) is 0 Å². The zero-order valence-corrected chi connectivity index (χ0v) is 11.4. The molecule has 0 atom stereocenters. The van der Waals surface area contributed by atoms with Crippen molar-refractivity contribution in [3.8, 4) is 0 Å². The normalized spacial score (nSPS) is 16.4. The van der Waals surface area contributed by atoms with E-state index >= 15 is 0 Å². The van der Waals surface area contributed by atoms with Gasteiger partial charge in [-0.25, -0.2) is 4.79 Å². The van der Waals surface area contributed by atoms with Gasteiger partial charge in [-0.15, -0.1) is 0 Å². The Hall–Kier alpha value is -1.75. The molecule has 1 saturated carbocycles. The van der Waals surface area contributed by atoms with E-state index in [9.17, 15) is 9.90 Å². The molecule has 1 fully saturated rings. The maximum Gasteiger partial charge on any atom is 0.319 e. The second kappa shape index (κ2) is 5.48. The zero-order chi connectivity index (χ0) is 13.9. The third-order valence-electron chi connectivity index (χ3n) is 3.50. The highest BCUT2D eigenvalue weighted by Gasteiger charge is 2.34. The lowest BCUT2D eigenvalue weighted by Gasteiger charge is -2.36. The van der Waals surface area contributed by atoms with E-state index in [2.05, 4.69) is 10.6 Å². The van der Waals surface area contributed by atoms with Gasteiger partial charge in [0.2, 0.25) is 0 Å². The highest BCUT2D eigenvalue weighted by Crippen LogP contribution is 2.30. The van der Waals surface area contributed by atoms with Crippen LogP contribution < -0.4 is 15.5 Å². The number of hydrogen-bond donors (Lipinski definition) is 3. The third kappa shape index (κ3) is 3.61. The maximum atomic E-state index is 11.7. The van der Waals surface area contributed by atoms with Gasteiger partial charge in [-0.1, -0.05) is 0 Å². The van der Waals surface area contributed by atoms with Gasteiger partial charge in [0.1, 0.15) is 0 Å². The van der Waals surface area contributed by atoms with Crippen molar-refractivity contribution in [1.29, 1.82) is 0 Å². The molecule has 2 amide bonds. The molecule has 2 rings (SSSR count). The fraction of sp³-hybridized carbons (Fsp3) is 0.500. The fourth-order valence-corrected chi connectivity index (χ4v) is 2.02. The number of aliphatic hydroxyl groups is 1. The van der Waals surface area contributed by atoms with Gasteiger partial charge in [-0.05, 0) is 43.5 Å². The molecule has 1 aromatic carbocycles. The molecule has 19 heavy (non-hydrogen) atoms. The Bertz CT molecular complexity index is 439. The Labute approximate surface area is 113 Å². The van der Waals surface area contributed by atoms with E-state index in [1.54, 1.807) is 0 Å². The highest BCUT2D eigenvalue weighted by molar-refractivity contribution is 5.89. The Balaban J connectivity index is 1.81. The summed E-state index contributed by atoms with van der Waals surface area (Å²) in [5, 5.41) is 15.3. The van der Waals surface area contributed by atoms with Gasteiger partial charge in [0.25, 0.3) is 0 Å². The molecule has 1 aromatic rings. The summed E-state index contributed by atoms with van der Waals surface area (Å²) in [4.78, 5) is 13.7. The largest absolute Gasteiger partial charge is 0.388 e. The number of nitrogens with zero attached hydrogens (tertiary/aromatic N) is 1. The van der Waals surface area contributed by atoms with E-state index in [0.717, 1.165) is 30.6 Å². The Morgan fingerprint density at radius 3 is 2.42 bits per heavy atom. The van der Waals surface area contributed by atoms with Gasteiger partial charge in [-0.3, -0.25) is 0 Å². The van der Waals surface area contributed by atoms with Crippen LogP contribution >= 0.6 is 0 Å². The number of rotatable bonds is 4. The topological polar surface area (TPSA) is 64.6 Å². The molecule has 0 saturated heterocycles. The summed E-state index contributed by atoms with van der Waals surface area (Å²) >= 11 is 0. The van der Waals surface area contributed by atoms with E-state index in [1.165, 1.54) is 0 Å². The lowest BCUT2D eigenvalue weighted by molar-refractivity contribution is -0.0287. The van der Waals surface area contributed by atoms with E-state index in [0.29, 0.717) is 6.54 Å². The molecule has 0 aromatic heterocycles. The first-order chi connectivity index (χ1) is 8.98. The summed E-state index contributed by atoms with van der Waals surface area (Å²) in [6.07, 6.45) is 2.57. The van der Waals surface area contributed by atoms with Crippen molar-refractivity contribution in [2.75, 3.05) is 30.9 Å². The SMILES string of the molecule is CN(C)c1ccc(NC(=O)NCC2(O)CCC2)cc1. The molecule has 0 aliphatic heterocycles. The first kappa shape index (κ1) is 13.7. The van der Waals surface area contributed by atoms with Gasteiger partial charge in [0.15, 0.2) is 0 Å². The summed E-state index contributed by atoms with van der Waals surface area (Å²) in [6, 6.07) is 7.31. The van der Waals surface area contributed by atoms with E-state index in [4.69, 9.17) is 0 Å². The zero-order valence-electron chi connectivity index (χ0n) is 11.4. The number of anilines is 2. The minimum Gasteiger partial charge on any atom is -0.388 e. The molecule has 3 N–H and O–H groups in total. The Morgan fingerprint density at radius 2 is 1.95 bits per heavy atom. The number of carbonyl (C=O) groups is 1. The molecule has 0 heterocycles. The van der Waals surface area contributed by atoms with Crippen LogP contribution in [0.25, 0.3) is 0 Å². The number of benzene rings is 1. The molecule has 1 aliphatic rings. The Morgan fingerprint density at radius 1 is 1.32 bits per heavy atom. The number of hydrogen-bond acceptors (Lipinski definition) is 3. The quantitative estimate of drug-likeness (QED) is 0.776. The summed E-state index contributed by atoms with van der Waals surface area (Å²) < 4.78 is 0. The van der Waals surface area contributed by atoms with Crippen LogP contribution in [0.5, 0.6) is 0 Å². The molecule has 0 radical (unpaired) electrons. The average Bonchev–Trinajstić information content (AvgIpc) is 2.35. The van der Waals surface area contributed by atoms with Crippen molar-refractivity contribution in [2.45, 2.75) is 24.9 Å². The predicted molar refractivity (Wildman–Crippen MR) is 76.6 cm³/mol. The lowest BCUT2D eigenvalue weighted by atomic mass is 9.80. The van der Waals surface area contributed by atoms with Crippen molar-refractivity contribution in [2.24, 2.45) is 0 Å². The lowest BCUT2D eigenvalue weighted by Crippen LogP contribution is -2.48. The van der Waals surface area contributed by atoms with E-state index in [-0.39, 0.29) is 6.03 Å². The van der Waals surface area contributed by atoms with Crippen LogP contribution in [0.3, 0.4) is 0 Å². The molecule has 0 spiro atoms. The van der Waals surface area contributed by atoms with Crippen molar-refractivity contribution >= 4 is 17.4 Å². The fourth-order valence-electron chi connectivity index (χ4n) is 2.02. The molecule has 5 heteroatoms. The number of amides is 2. The highest BCUT2D eigenvalue weighted by atomic mass is 16.3. The smallest absolute Gasteiger partial charge is 0.319 e. The molecular formula is C14H21N3O2. The van der Waals surface area contributed by atoms with Crippen molar-refractivity contribution in [3.05, 3.63) is 24.3 Å². The summed E-state index contributed by atoms with van der Waals surface area (Å²) in [6.45, 7) is 0.314. The first-order valence-corrected chi connectivity index (χ1v) is 6.53. The first-order valence-electron chi connectivity index (χ1n) is 6.53. The predicted octanol–water partition coefficient (Wildman–Crippen LogP) is 1.79. The van der Waals surface area contributed by atoms with Gasteiger partial charge < -0.3 is 20.6 Å². The van der Waals surface area contributed by atoms with Gasteiger partial charge in [0.05, 0.1) is 5.60 Å². The number of carbonyl (C=O) groups excluding carboxylic acids is 1. The number of urea groups is 1. The van der Waals surface area contributed by atoms with E-state index < -0.39 is 5.60 Å².